The Morgan fingerprint density at radius 2 is 1.55 bits per heavy atom. The number of rotatable bonds is 6. The molecule has 0 aromatic heterocycles. The fourth-order valence-corrected chi connectivity index (χ4v) is 2.15. The Morgan fingerprint density at radius 3 is 2.03 bits per heavy atom. The van der Waals surface area contributed by atoms with Gasteiger partial charge in [-0.15, -0.1) is 0 Å². The molecule has 0 saturated carbocycles. The van der Waals surface area contributed by atoms with Gasteiger partial charge in [0.1, 0.15) is 16.1 Å². The Morgan fingerprint density at radius 1 is 0.966 bits per heavy atom. The maximum Gasteiger partial charge on any atom is 0.514 e. The van der Waals surface area contributed by atoms with Crippen LogP contribution < -0.4 is 9.47 Å². The number of carbonyl (C=O) groups excluding carboxylic acids is 3. The highest BCUT2D eigenvalue weighted by Crippen LogP contribution is 2.21. The molecule has 0 aliphatic heterocycles. The Bertz CT molecular complexity index is 810. The van der Waals surface area contributed by atoms with Crippen LogP contribution in [-0.4, -0.2) is 28.6 Å². The van der Waals surface area contributed by atoms with Gasteiger partial charge in [-0.3, -0.25) is 9.59 Å². The third-order valence-corrected chi connectivity index (χ3v) is 3.81. The van der Waals surface area contributed by atoms with Crippen LogP contribution in [0.3, 0.4) is 0 Å². The van der Waals surface area contributed by atoms with Crippen LogP contribution in [0.4, 0.5) is 4.79 Å². The molecule has 0 radical (unpaired) electrons. The van der Waals surface area contributed by atoms with E-state index in [4.69, 9.17) is 15.2 Å². The molecule has 1 unspecified atom stereocenters. The molecule has 1 N–H and O–H groups in total. The lowest BCUT2D eigenvalue weighted by molar-refractivity contribution is -0.135. The summed E-state index contributed by atoms with van der Waals surface area (Å²) in [7, 11) is 0. The summed E-state index contributed by atoms with van der Waals surface area (Å²) in [5, 5.41) is 0. The molecule has 2 rings (SSSR count). The third-order valence-electron chi connectivity index (χ3n) is 3.50. The molecular formula is C21H23INO6-. The van der Waals surface area contributed by atoms with E-state index >= 15 is 0 Å². The van der Waals surface area contributed by atoms with Crippen molar-refractivity contribution in [3.05, 3.63) is 65.9 Å². The standard InChI is InChI=1S/C13H15INO5.C8H8O/c1-8(2)11(15)12(16)19-9-4-3-5-10(6-9)20-13(17)18-7-14;1-7(9)8-5-3-2-4-6-8/h3-6,8,11,15H,7H2,1-2H3;2-6H,1H3/q-1;. The molecule has 0 spiro atoms. The normalized spacial score (nSPS) is 11.0. The summed E-state index contributed by atoms with van der Waals surface area (Å²) >= 11 is 1.87. The summed E-state index contributed by atoms with van der Waals surface area (Å²) < 4.78 is 14.7. The number of Topliss-reactive ketones (excluding diaryl/α,β-unsaturated/α-hetero) is 1. The molecule has 0 aliphatic carbocycles. The van der Waals surface area contributed by atoms with Crippen molar-refractivity contribution < 1.29 is 28.6 Å². The summed E-state index contributed by atoms with van der Waals surface area (Å²) in [6.07, 6.45) is -0.830. The zero-order valence-electron chi connectivity index (χ0n) is 16.4. The molecular weight excluding hydrogens is 489 g/mol. The molecule has 2 aromatic rings. The molecule has 0 fully saturated rings. The number of alkyl halides is 1. The van der Waals surface area contributed by atoms with Gasteiger partial charge in [-0.2, -0.15) is 0 Å². The Labute approximate surface area is 183 Å². The average Bonchev–Trinajstić information content (AvgIpc) is 2.68. The van der Waals surface area contributed by atoms with Crippen molar-refractivity contribution in [3.8, 4) is 11.5 Å². The first-order chi connectivity index (χ1) is 13.7. The second kappa shape index (κ2) is 12.9. The number of benzene rings is 2. The van der Waals surface area contributed by atoms with E-state index in [0.29, 0.717) is 0 Å². The molecule has 29 heavy (non-hydrogen) atoms. The first-order valence-electron chi connectivity index (χ1n) is 8.74. The van der Waals surface area contributed by atoms with E-state index in [2.05, 4.69) is 4.74 Å². The molecule has 0 heterocycles. The minimum absolute atomic E-state index is 0.121. The van der Waals surface area contributed by atoms with Crippen LogP contribution in [-0.2, 0) is 9.53 Å². The summed E-state index contributed by atoms with van der Waals surface area (Å²) in [6.45, 7) is 5.09. The van der Waals surface area contributed by atoms with Gasteiger partial charge in [0.15, 0.2) is 5.78 Å². The van der Waals surface area contributed by atoms with E-state index in [9.17, 15) is 14.4 Å². The van der Waals surface area contributed by atoms with Gasteiger partial charge in [0.25, 0.3) is 5.97 Å². The van der Waals surface area contributed by atoms with Gasteiger partial charge in [0, 0.05) is 11.6 Å². The van der Waals surface area contributed by atoms with Crippen LogP contribution in [0.25, 0.3) is 5.73 Å². The lowest BCUT2D eigenvalue weighted by Crippen LogP contribution is -2.27. The Kier molecular flexibility index (Phi) is 10.9. The van der Waals surface area contributed by atoms with E-state index in [-0.39, 0.29) is 27.8 Å². The van der Waals surface area contributed by atoms with E-state index in [0.717, 1.165) is 5.56 Å². The molecule has 1 atom stereocenters. The lowest BCUT2D eigenvalue weighted by Gasteiger charge is -2.21. The van der Waals surface area contributed by atoms with E-state index in [1.165, 1.54) is 12.1 Å². The molecule has 7 nitrogen and oxygen atoms in total. The van der Waals surface area contributed by atoms with Gasteiger partial charge in [0.05, 0.1) is 0 Å². The van der Waals surface area contributed by atoms with Crippen molar-refractivity contribution in [1.29, 1.82) is 0 Å². The van der Waals surface area contributed by atoms with Gasteiger partial charge in [-0.25, -0.2) is 4.79 Å². The number of hydrogen-bond donors (Lipinski definition) is 0. The molecule has 0 saturated heterocycles. The second-order valence-electron chi connectivity index (χ2n) is 6.15. The highest BCUT2D eigenvalue weighted by Gasteiger charge is 2.14. The summed E-state index contributed by atoms with van der Waals surface area (Å²) in [5.41, 5.74) is 8.40. The predicted molar refractivity (Wildman–Crippen MR) is 117 cm³/mol. The molecule has 0 aliphatic rings. The van der Waals surface area contributed by atoms with E-state index < -0.39 is 18.2 Å². The predicted octanol–water partition coefficient (Wildman–Crippen LogP) is 5.47. The van der Waals surface area contributed by atoms with Crippen molar-refractivity contribution in [2.45, 2.75) is 26.8 Å². The number of halogens is 1. The Hall–Kier alpha value is -2.46. The van der Waals surface area contributed by atoms with Crippen molar-refractivity contribution in [2.75, 3.05) is 4.61 Å². The van der Waals surface area contributed by atoms with Crippen molar-refractivity contribution in [2.24, 2.45) is 5.92 Å². The van der Waals surface area contributed by atoms with Gasteiger partial charge in [-0.05, 0) is 47.7 Å². The van der Waals surface area contributed by atoms with Crippen LogP contribution in [0.15, 0.2) is 54.6 Å². The van der Waals surface area contributed by atoms with Gasteiger partial charge < -0.3 is 19.9 Å². The summed E-state index contributed by atoms with van der Waals surface area (Å²) in [5.74, 6) is -0.243. The number of hydrogen-bond acceptors (Lipinski definition) is 6. The first kappa shape index (κ1) is 24.6. The van der Waals surface area contributed by atoms with Crippen LogP contribution in [0.5, 0.6) is 11.5 Å². The Balaban J connectivity index is 0.000000387. The lowest BCUT2D eigenvalue weighted by atomic mass is 10.1. The average molecular weight is 512 g/mol. The highest BCUT2D eigenvalue weighted by molar-refractivity contribution is 14.1. The molecule has 8 heteroatoms. The van der Waals surface area contributed by atoms with Crippen molar-refractivity contribution in [3.63, 3.8) is 0 Å². The number of ether oxygens (including phenoxy) is 3. The number of ketones is 1. The quantitative estimate of drug-likeness (QED) is 0.127. The van der Waals surface area contributed by atoms with Crippen LogP contribution in [0, 0.1) is 5.92 Å². The monoisotopic (exact) mass is 512 g/mol. The second-order valence-corrected chi connectivity index (χ2v) is 6.77. The maximum absolute atomic E-state index is 11.6. The fourth-order valence-electron chi connectivity index (χ4n) is 1.90. The molecule has 156 valence electrons. The molecule has 0 bridgehead atoms. The fraction of sp³-hybridized carbons (Fsp3) is 0.286. The highest BCUT2D eigenvalue weighted by atomic mass is 127. The summed E-state index contributed by atoms with van der Waals surface area (Å²) in [4.78, 5) is 33.4. The number of carbonyl (C=O) groups is 3. The number of esters is 1. The largest absolute Gasteiger partial charge is 0.665 e. The molecule has 2 aromatic carbocycles. The third kappa shape index (κ3) is 9.53. The SMILES string of the molecule is CC(=O)c1ccccc1.CC(C)C([NH-])C(=O)Oc1cccc(OC(=O)OCI)c1. The van der Waals surface area contributed by atoms with Crippen LogP contribution in [0.2, 0.25) is 0 Å². The van der Waals surface area contributed by atoms with Crippen molar-refractivity contribution in [1.82, 2.24) is 0 Å². The minimum atomic E-state index is -0.955. The molecule has 0 amide bonds. The van der Waals surface area contributed by atoms with Crippen LogP contribution >= 0.6 is 22.6 Å². The van der Waals surface area contributed by atoms with Crippen LogP contribution in [0.1, 0.15) is 31.1 Å². The van der Waals surface area contributed by atoms with Gasteiger partial charge >= 0.3 is 6.16 Å². The van der Waals surface area contributed by atoms with Gasteiger partial charge in [0.2, 0.25) is 0 Å². The summed E-state index contributed by atoms with van der Waals surface area (Å²) in [6, 6.07) is 14.3. The van der Waals surface area contributed by atoms with E-state index in [1.54, 1.807) is 32.9 Å². The van der Waals surface area contributed by atoms with E-state index in [1.807, 2.05) is 52.9 Å². The maximum atomic E-state index is 11.6. The number of nitrogens with one attached hydrogen (secondary N) is 1. The zero-order chi connectivity index (χ0) is 21.8. The van der Waals surface area contributed by atoms with Crippen molar-refractivity contribution >= 4 is 40.5 Å². The first-order valence-corrected chi connectivity index (χ1v) is 10.3. The minimum Gasteiger partial charge on any atom is -0.665 e. The van der Waals surface area contributed by atoms with Gasteiger partial charge in [-0.1, -0.05) is 56.2 Å². The zero-order valence-corrected chi connectivity index (χ0v) is 18.5. The topological polar surface area (TPSA) is 103 Å². The smallest absolute Gasteiger partial charge is 0.514 e.